The predicted molar refractivity (Wildman–Crippen MR) is 103 cm³/mol. The number of amides is 2. The van der Waals surface area contributed by atoms with Gasteiger partial charge >= 0.3 is 0 Å². The number of hydrogen-bond acceptors (Lipinski definition) is 3. The summed E-state index contributed by atoms with van der Waals surface area (Å²) in [7, 11) is 0. The largest absolute Gasteiger partial charge is 0.399 e. The highest BCUT2D eigenvalue weighted by Crippen LogP contribution is 2.15. The summed E-state index contributed by atoms with van der Waals surface area (Å²) in [6.45, 7) is 3.98. The highest BCUT2D eigenvalue weighted by Gasteiger charge is 2.18. The van der Waals surface area contributed by atoms with E-state index in [1.54, 1.807) is 12.1 Å². The number of rotatable bonds is 4. The quantitative estimate of drug-likeness (QED) is 0.831. The van der Waals surface area contributed by atoms with Crippen molar-refractivity contribution in [2.45, 2.75) is 32.7 Å². The Morgan fingerprint density at radius 2 is 1.73 bits per heavy atom. The van der Waals surface area contributed by atoms with Gasteiger partial charge in [-0.3, -0.25) is 9.59 Å². The number of benzene rings is 2. The summed E-state index contributed by atoms with van der Waals surface area (Å²) in [4.78, 5) is 26.7. The van der Waals surface area contributed by atoms with Crippen LogP contribution in [0.1, 0.15) is 51.1 Å². The van der Waals surface area contributed by atoms with E-state index in [-0.39, 0.29) is 11.8 Å². The lowest BCUT2D eigenvalue weighted by atomic mass is 10.1. The zero-order valence-corrected chi connectivity index (χ0v) is 15.1. The molecule has 0 unspecified atom stereocenters. The summed E-state index contributed by atoms with van der Waals surface area (Å²) >= 11 is 0. The van der Waals surface area contributed by atoms with Crippen LogP contribution in [0.5, 0.6) is 0 Å². The van der Waals surface area contributed by atoms with Crippen LogP contribution in [-0.2, 0) is 6.54 Å². The van der Waals surface area contributed by atoms with E-state index in [0.29, 0.717) is 23.4 Å². The standard InChI is InChI=1S/C21H25N3O2/c1-15-5-10-18(22)13-19(15)20(25)23-14-16-6-8-17(9-7-16)21(26)24-11-3-2-4-12-24/h5-10,13H,2-4,11-12,14,22H2,1H3,(H,23,25). The molecule has 2 aromatic carbocycles. The number of nitrogens with one attached hydrogen (secondary N) is 1. The lowest BCUT2D eigenvalue weighted by molar-refractivity contribution is 0.0724. The van der Waals surface area contributed by atoms with Gasteiger partial charge in [0.2, 0.25) is 0 Å². The molecule has 1 fully saturated rings. The van der Waals surface area contributed by atoms with Crippen LogP contribution in [0.25, 0.3) is 0 Å². The first kappa shape index (κ1) is 18.0. The van der Waals surface area contributed by atoms with Gasteiger partial charge in [0.1, 0.15) is 0 Å². The Bertz CT molecular complexity index is 793. The Kier molecular flexibility index (Phi) is 5.56. The van der Waals surface area contributed by atoms with Gasteiger partial charge < -0.3 is 16.0 Å². The normalized spacial score (nSPS) is 14.1. The molecule has 0 radical (unpaired) electrons. The number of hydrogen-bond donors (Lipinski definition) is 2. The second-order valence-corrected chi connectivity index (χ2v) is 6.81. The van der Waals surface area contributed by atoms with Gasteiger partial charge in [-0.05, 0) is 61.6 Å². The topological polar surface area (TPSA) is 75.4 Å². The molecule has 5 nitrogen and oxygen atoms in total. The molecule has 1 aliphatic rings. The van der Waals surface area contributed by atoms with Crippen LogP contribution < -0.4 is 11.1 Å². The Balaban J connectivity index is 1.59. The number of likely N-dealkylation sites (tertiary alicyclic amines) is 1. The molecule has 1 aliphatic heterocycles. The van der Waals surface area contributed by atoms with E-state index in [4.69, 9.17) is 5.73 Å². The monoisotopic (exact) mass is 351 g/mol. The molecular formula is C21H25N3O2. The molecule has 26 heavy (non-hydrogen) atoms. The molecule has 5 heteroatoms. The molecule has 0 atom stereocenters. The van der Waals surface area contributed by atoms with Crippen molar-refractivity contribution in [3.8, 4) is 0 Å². The average Bonchev–Trinajstić information content (AvgIpc) is 2.68. The second-order valence-electron chi connectivity index (χ2n) is 6.81. The fourth-order valence-corrected chi connectivity index (χ4v) is 3.21. The van der Waals surface area contributed by atoms with E-state index >= 15 is 0 Å². The van der Waals surface area contributed by atoms with Crippen molar-refractivity contribution in [3.63, 3.8) is 0 Å². The van der Waals surface area contributed by atoms with E-state index in [1.807, 2.05) is 42.2 Å². The third-order valence-corrected chi connectivity index (χ3v) is 4.80. The predicted octanol–water partition coefficient (Wildman–Crippen LogP) is 3.13. The van der Waals surface area contributed by atoms with Crippen LogP contribution in [0, 0.1) is 6.92 Å². The van der Waals surface area contributed by atoms with E-state index < -0.39 is 0 Å². The Morgan fingerprint density at radius 3 is 2.42 bits per heavy atom. The summed E-state index contributed by atoms with van der Waals surface area (Å²) in [6.07, 6.45) is 3.37. The first-order valence-electron chi connectivity index (χ1n) is 9.07. The van der Waals surface area contributed by atoms with Crippen molar-refractivity contribution < 1.29 is 9.59 Å². The molecule has 2 aromatic rings. The number of carbonyl (C=O) groups excluding carboxylic acids is 2. The van der Waals surface area contributed by atoms with Gasteiger partial charge in [-0.2, -0.15) is 0 Å². The van der Waals surface area contributed by atoms with Crippen molar-refractivity contribution in [2.75, 3.05) is 18.8 Å². The molecule has 0 aromatic heterocycles. The van der Waals surface area contributed by atoms with Gasteiger partial charge in [0, 0.05) is 36.4 Å². The SMILES string of the molecule is Cc1ccc(N)cc1C(=O)NCc1ccc(C(=O)N2CCCCC2)cc1. The minimum Gasteiger partial charge on any atom is -0.399 e. The second kappa shape index (κ2) is 8.04. The van der Waals surface area contributed by atoms with Gasteiger partial charge in [0.15, 0.2) is 0 Å². The first-order chi connectivity index (χ1) is 12.5. The summed E-state index contributed by atoms with van der Waals surface area (Å²) in [5, 5.41) is 2.91. The minimum absolute atomic E-state index is 0.0932. The lowest BCUT2D eigenvalue weighted by Crippen LogP contribution is -2.35. The Hall–Kier alpha value is -2.82. The van der Waals surface area contributed by atoms with Crippen molar-refractivity contribution in [1.82, 2.24) is 10.2 Å². The molecule has 0 bridgehead atoms. The molecule has 3 N–H and O–H groups in total. The third-order valence-electron chi connectivity index (χ3n) is 4.80. The number of nitrogen functional groups attached to an aromatic ring is 1. The number of carbonyl (C=O) groups is 2. The van der Waals surface area contributed by atoms with E-state index in [2.05, 4.69) is 5.32 Å². The number of nitrogens with two attached hydrogens (primary N) is 1. The van der Waals surface area contributed by atoms with Crippen LogP contribution in [0.15, 0.2) is 42.5 Å². The van der Waals surface area contributed by atoms with Crippen LogP contribution >= 0.6 is 0 Å². The molecule has 0 spiro atoms. The maximum Gasteiger partial charge on any atom is 0.253 e. The Labute approximate surface area is 154 Å². The van der Waals surface area contributed by atoms with E-state index in [0.717, 1.165) is 37.1 Å². The van der Waals surface area contributed by atoms with Gasteiger partial charge in [-0.15, -0.1) is 0 Å². The first-order valence-corrected chi connectivity index (χ1v) is 9.07. The third kappa shape index (κ3) is 4.23. The molecular weight excluding hydrogens is 326 g/mol. The van der Waals surface area contributed by atoms with Crippen LogP contribution in [-0.4, -0.2) is 29.8 Å². The van der Waals surface area contributed by atoms with E-state index in [1.165, 1.54) is 6.42 Å². The minimum atomic E-state index is -0.150. The lowest BCUT2D eigenvalue weighted by Gasteiger charge is -2.26. The smallest absolute Gasteiger partial charge is 0.253 e. The fraction of sp³-hybridized carbons (Fsp3) is 0.333. The number of aryl methyl sites for hydroxylation is 1. The fourth-order valence-electron chi connectivity index (χ4n) is 3.21. The maximum atomic E-state index is 12.5. The summed E-state index contributed by atoms with van der Waals surface area (Å²) < 4.78 is 0. The van der Waals surface area contributed by atoms with Crippen molar-refractivity contribution in [1.29, 1.82) is 0 Å². The summed E-state index contributed by atoms with van der Waals surface area (Å²) in [5.41, 5.74) is 9.46. The highest BCUT2D eigenvalue weighted by molar-refractivity contribution is 5.96. The molecule has 136 valence electrons. The van der Waals surface area contributed by atoms with E-state index in [9.17, 15) is 9.59 Å². The molecule has 1 heterocycles. The zero-order valence-electron chi connectivity index (χ0n) is 15.1. The number of anilines is 1. The molecule has 0 aliphatic carbocycles. The summed E-state index contributed by atoms with van der Waals surface area (Å²) in [5.74, 6) is -0.0565. The number of piperidine rings is 1. The zero-order chi connectivity index (χ0) is 18.5. The van der Waals surface area contributed by atoms with Gasteiger partial charge in [-0.25, -0.2) is 0 Å². The number of nitrogens with zero attached hydrogens (tertiary/aromatic N) is 1. The Morgan fingerprint density at radius 1 is 1.04 bits per heavy atom. The molecule has 0 saturated carbocycles. The summed E-state index contributed by atoms with van der Waals surface area (Å²) in [6, 6.07) is 12.8. The molecule has 3 rings (SSSR count). The van der Waals surface area contributed by atoms with Crippen LogP contribution in [0.4, 0.5) is 5.69 Å². The van der Waals surface area contributed by atoms with Gasteiger partial charge in [-0.1, -0.05) is 18.2 Å². The van der Waals surface area contributed by atoms with Gasteiger partial charge in [0.05, 0.1) is 0 Å². The molecule has 2 amide bonds. The highest BCUT2D eigenvalue weighted by atomic mass is 16.2. The van der Waals surface area contributed by atoms with Crippen molar-refractivity contribution >= 4 is 17.5 Å². The van der Waals surface area contributed by atoms with Crippen LogP contribution in [0.2, 0.25) is 0 Å². The maximum absolute atomic E-state index is 12.5. The average molecular weight is 351 g/mol. The molecule has 1 saturated heterocycles. The van der Waals surface area contributed by atoms with Gasteiger partial charge in [0.25, 0.3) is 11.8 Å². The van der Waals surface area contributed by atoms with Crippen molar-refractivity contribution in [2.24, 2.45) is 0 Å². The van der Waals surface area contributed by atoms with Crippen LogP contribution in [0.3, 0.4) is 0 Å². The van der Waals surface area contributed by atoms with Crippen molar-refractivity contribution in [3.05, 3.63) is 64.7 Å².